The largest absolute Gasteiger partial charge is 0.346 e. The Morgan fingerprint density at radius 2 is 1.56 bits per heavy atom. The Labute approximate surface area is 185 Å². The van der Waals surface area contributed by atoms with Gasteiger partial charge in [-0.15, -0.1) is 5.10 Å². The van der Waals surface area contributed by atoms with Crippen molar-refractivity contribution in [2.24, 2.45) is 7.05 Å². The third-order valence-electron chi connectivity index (χ3n) is 5.09. The fraction of sp³-hybridized carbons (Fsp3) is 0.167. The molecule has 0 saturated heterocycles. The Bertz CT molecular complexity index is 1180. The molecule has 0 aliphatic carbocycles. The second-order valence-corrected chi connectivity index (χ2v) is 7.26. The average molecular weight is 428 g/mol. The minimum atomic E-state index is -0.323. The van der Waals surface area contributed by atoms with Crippen LogP contribution in [0.3, 0.4) is 0 Å². The van der Waals surface area contributed by atoms with Gasteiger partial charge >= 0.3 is 11.7 Å². The zero-order chi connectivity index (χ0) is 22.3. The first-order chi connectivity index (χ1) is 15.6. The molecule has 0 radical (unpaired) electrons. The number of aromatic nitrogens is 4. The number of hydrogen-bond acceptors (Lipinski definition) is 4. The van der Waals surface area contributed by atoms with Crippen molar-refractivity contribution in [1.29, 1.82) is 0 Å². The number of benzene rings is 2. The summed E-state index contributed by atoms with van der Waals surface area (Å²) < 4.78 is 2.78. The lowest BCUT2D eigenvalue weighted by Gasteiger charge is -2.20. The molecule has 2 heterocycles. The first kappa shape index (κ1) is 21.0. The quantitative estimate of drug-likeness (QED) is 0.473. The van der Waals surface area contributed by atoms with E-state index < -0.39 is 0 Å². The van der Waals surface area contributed by atoms with Gasteiger partial charge in [-0.3, -0.25) is 9.55 Å². The third-order valence-corrected chi connectivity index (χ3v) is 5.09. The molecular weight excluding hydrogens is 404 g/mol. The van der Waals surface area contributed by atoms with E-state index >= 15 is 0 Å². The predicted octanol–water partition coefficient (Wildman–Crippen LogP) is 2.73. The van der Waals surface area contributed by atoms with Crippen LogP contribution in [0.4, 0.5) is 4.79 Å². The maximum Gasteiger partial charge on any atom is 0.346 e. The Morgan fingerprint density at radius 1 is 0.938 bits per heavy atom. The van der Waals surface area contributed by atoms with Gasteiger partial charge in [0.15, 0.2) is 5.82 Å². The Morgan fingerprint density at radius 3 is 2.16 bits per heavy atom. The van der Waals surface area contributed by atoms with Crippen molar-refractivity contribution < 1.29 is 4.79 Å². The molecule has 8 heteroatoms. The lowest BCUT2D eigenvalue weighted by atomic mass is 9.99. The molecule has 2 N–H and O–H groups in total. The molecule has 162 valence electrons. The summed E-state index contributed by atoms with van der Waals surface area (Å²) in [6.45, 7) is 0.495. The fourth-order valence-corrected chi connectivity index (χ4v) is 3.46. The standard InChI is InChI=1S/C24H24N6O2/c1-29-22(20-14-8-9-15-25-20)28-30(24(29)32)17-16-26-23(31)27-21(18-10-4-2-5-11-18)19-12-6-3-7-13-19/h2-15,21H,16-17H2,1H3,(H2,26,27,31). The summed E-state index contributed by atoms with van der Waals surface area (Å²) in [6, 6.07) is 24.4. The van der Waals surface area contributed by atoms with E-state index in [1.807, 2.05) is 66.7 Å². The summed E-state index contributed by atoms with van der Waals surface area (Å²) in [5, 5.41) is 10.2. The van der Waals surface area contributed by atoms with Gasteiger partial charge < -0.3 is 10.6 Å². The van der Waals surface area contributed by atoms with Gasteiger partial charge in [0.05, 0.1) is 12.6 Å². The van der Waals surface area contributed by atoms with Crippen molar-refractivity contribution >= 4 is 6.03 Å². The minimum absolute atomic E-state index is 0.244. The lowest BCUT2D eigenvalue weighted by molar-refractivity contribution is 0.238. The van der Waals surface area contributed by atoms with Crippen LogP contribution in [0, 0.1) is 0 Å². The number of nitrogens with zero attached hydrogens (tertiary/aromatic N) is 4. The smallest absolute Gasteiger partial charge is 0.336 e. The summed E-state index contributed by atoms with van der Waals surface area (Å²) in [5.74, 6) is 0.480. The van der Waals surface area contributed by atoms with Crippen molar-refractivity contribution in [3.63, 3.8) is 0 Å². The number of rotatable bonds is 7. The number of urea groups is 1. The number of pyridine rings is 1. The van der Waals surface area contributed by atoms with Gasteiger partial charge in [0.1, 0.15) is 5.69 Å². The van der Waals surface area contributed by atoms with Gasteiger partial charge in [0.2, 0.25) is 0 Å². The van der Waals surface area contributed by atoms with Crippen molar-refractivity contribution in [1.82, 2.24) is 30.0 Å². The zero-order valence-corrected chi connectivity index (χ0v) is 17.7. The maximum absolute atomic E-state index is 12.6. The lowest BCUT2D eigenvalue weighted by Crippen LogP contribution is -2.40. The molecule has 8 nitrogen and oxygen atoms in total. The van der Waals surface area contributed by atoms with Crippen LogP contribution < -0.4 is 16.3 Å². The molecule has 32 heavy (non-hydrogen) atoms. The number of carbonyl (C=O) groups is 1. The Kier molecular flexibility index (Phi) is 6.41. The van der Waals surface area contributed by atoms with Gasteiger partial charge in [0, 0.05) is 19.8 Å². The molecule has 2 aromatic carbocycles. The minimum Gasteiger partial charge on any atom is -0.336 e. The summed E-state index contributed by atoms with van der Waals surface area (Å²) in [6.07, 6.45) is 1.65. The van der Waals surface area contributed by atoms with Crippen LogP contribution in [0.15, 0.2) is 89.9 Å². The van der Waals surface area contributed by atoms with E-state index in [9.17, 15) is 9.59 Å². The molecule has 0 aliphatic rings. The van der Waals surface area contributed by atoms with Crippen LogP contribution in [0.2, 0.25) is 0 Å². The van der Waals surface area contributed by atoms with Crippen molar-refractivity contribution in [2.45, 2.75) is 12.6 Å². The van der Waals surface area contributed by atoms with Gasteiger partial charge in [-0.1, -0.05) is 66.7 Å². The van der Waals surface area contributed by atoms with E-state index in [0.29, 0.717) is 11.5 Å². The van der Waals surface area contributed by atoms with E-state index in [1.54, 1.807) is 25.4 Å². The van der Waals surface area contributed by atoms with Gasteiger partial charge in [0.25, 0.3) is 0 Å². The van der Waals surface area contributed by atoms with Crippen LogP contribution in [0.5, 0.6) is 0 Å². The first-order valence-corrected chi connectivity index (χ1v) is 10.3. The highest BCUT2D eigenvalue weighted by atomic mass is 16.2. The monoisotopic (exact) mass is 428 g/mol. The number of amides is 2. The molecule has 2 amide bonds. The molecule has 4 aromatic rings. The summed E-state index contributed by atoms with van der Waals surface area (Å²) in [4.78, 5) is 29.4. The molecule has 0 unspecified atom stereocenters. The SMILES string of the molecule is Cn1c(-c2ccccn2)nn(CCNC(=O)NC(c2ccccc2)c2ccccc2)c1=O. The molecule has 2 aromatic heterocycles. The molecule has 0 fully saturated rings. The first-order valence-electron chi connectivity index (χ1n) is 10.3. The van der Waals surface area contributed by atoms with Crippen LogP contribution in [0.1, 0.15) is 17.2 Å². The van der Waals surface area contributed by atoms with Crippen LogP contribution >= 0.6 is 0 Å². The van der Waals surface area contributed by atoms with Crippen LogP contribution in [-0.2, 0) is 13.6 Å². The molecular formula is C24H24N6O2. The molecule has 0 bridgehead atoms. The van der Waals surface area contributed by atoms with E-state index in [1.165, 1.54) is 9.25 Å². The Hall–Kier alpha value is -4.20. The van der Waals surface area contributed by atoms with Gasteiger partial charge in [-0.25, -0.2) is 14.3 Å². The highest BCUT2D eigenvalue weighted by molar-refractivity contribution is 5.75. The van der Waals surface area contributed by atoms with Crippen molar-refractivity contribution in [3.05, 3.63) is 107 Å². The second kappa shape index (κ2) is 9.74. The maximum atomic E-state index is 12.6. The molecule has 0 atom stereocenters. The predicted molar refractivity (Wildman–Crippen MR) is 122 cm³/mol. The van der Waals surface area contributed by atoms with Crippen LogP contribution in [0.25, 0.3) is 11.5 Å². The Balaban J connectivity index is 1.41. The van der Waals surface area contributed by atoms with Gasteiger partial charge in [-0.2, -0.15) is 0 Å². The summed E-state index contributed by atoms with van der Waals surface area (Å²) >= 11 is 0. The van der Waals surface area contributed by atoms with Crippen molar-refractivity contribution in [3.8, 4) is 11.5 Å². The average Bonchev–Trinajstić information content (AvgIpc) is 3.13. The normalized spacial score (nSPS) is 10.8. The number of carbonyl (C=O) groups excluding carboxylic acids is 1. The number of nitrogens with one attached hydrogen (secondary N) is 2. The highest BCUT2D eigenvalue weighted by Gasteiger charge is 2.17. The molecule has 0 aliphatic heterocycles. The second-order valence-electron chi connectivity index (χ2n) is 7.26. The fourth-order valence-electron chi connectivity index (χ4n) is 3.46. The third kappa shape index (κ3) is 4.75. The highest BCUT2D eigenvalue weighted by Crippen LogP contribution is 2.21. The molecule has 4 rings (SSSR count). The molecule has 0 spiro atoms. The van der Waals surface area contributed by atoms with E-state index in [4.69, 9.17) is 0 Å². The van der Waals surface area contributed by atoms with Gasteiger partial charge in [-0.05, 0) is 23.3 Å². The number of hydrogen-bond donors (Lipinski definition) is 2. The van der Waals surface area contributed by atoms with E-state index in [2.05, 4.69) is 20.7 Å². The van der Waals surface area contributed by atoms with E-state index in [0.717, 1.165) is 11.1 Å². The topological polar surface area (TPSA) is 93.8 Å². The van der Waals surface area contributed by atoms with Crippen LogP contribution in [-0.4, -0.2) is 31.9 Å². The zero-order valence-electron chi connectivity index (χ0n) is 17.7. The molecule has 0 saturated carbocycles. The van der Waals surface area contributed by atoms with Crippen molar-refractivity contribution in [2.75, 3.05) is 6.54 Å². The summed E-state index contributed by atoms with van der Waals surface area (Å²) in [5.41, 5.74) is 2.31. The van der Waals surface area contributed by atoms with E-state index in [-0.39, 0.29) is 30.9 Å². The summed E-state index contributed by atoms with van der Waals surface area (Å²) in [7, 11) is 1.65.